The number of anilines is 1. The molecule has 1 aromatic heterocycles. The van der Waals surface area contributed by atoms with Gasteiger partial charge in [0.1, 0.15) is 5.69 Å². The van der Waals surface area contributed by atoms with E-state index >= 15 is 0 Å². The van der Waals surface area contributed by atoms with Gasteiger partial charge in [-0.2, -0.15) is 13.2 Å². The summed E-state index contributed by atoms with van der Waals surface area (Å²) in [4.78, 5) is 23.1. The molecule has 13 heteroatoms. The van der Waals surface area contributed by atoms with Crippen LogP contribution < -0.4 is 10.2 Å². The van der Waals surface area contributed by atoms with Crippen LogP contribution in [0.4, 0.5) is 24.5 Å². The molecule has 1 N–H and O–H groups in total. The van der Waals surface area contributed by atoms with Gasteiger partial charge in [-0.05, 0) is 38.0 Å². The number of nitro groups is 1. The number of nitro benzene ring substituents is 1. The molecule has 0 spiro atoms. The number of aryl methyl sites for hydroxylation is 1. The normalized spacial score (nSPS) is 15.7. The second-order valence-corrected chi connectivity index (χ2v) is 8.97. The molecule has 3 rings (SSSR count). The van der Waals surface area contributed by atoms with Crippen molar-refractivity contribution in [3.05, 3.63) is 52.0 Å². The predicted molar refractivity (Wildman–Crippen MR) is 102 cm³/mol. The average Bonchev–Trinajstić information content (AvgIpc) is 3.13. The van der Waals surface area contributed by atoms with Crippen LogP contribution in [0.15, 0.2) is 39.8 Å². The Bertz CT molecular complexity index is 1100. The fraction of sp³-hybridized carbons (Fsp3) is 0.389. The maximum absolute atomic E-state index is 12.8. The Morgan fingerprint density at radius 2 is 1.90 bits per heavy atom. The maximum Gasteiger partial charge on any atom is 0.501 e. The molecule has 1 saturated heterocycles. The first-order valence-corrected chi connectivity index (χ1v) is 10.6. The van der Waals surface area contributed by atoms with Crippen molar-refractivity contribution in [2.45, 2.75) is 36.2 Å². The van der Waals surface area contributed by atoms with E-state index in [1.807, 2.05) is 0 Å². The SMILES string of the molecule is Cc1ccoc1C(=O)NC1CCN(c2ccc(S(=O)(=O)C(F)(F)F)cc2[N+](=O)[O-])CC1. The number of rotatable bonds is 5. The molecule has 1 aliphatic heterocycles. The third-order valence-corrected chi connectivity index (χ3v) is 6.48. The molecular weight excluding hydrogens is 443 g/mol. The van der Waals surface area contributed by atoms with Gasteiger partial charge in [-0.25, -0.2) is 8.42 Å². The number of alkyl halides is 3. The van der Waals surface area contributed by atoms with E-state index in [9.17, 15) is 36.5 Å². The quantitative estimate of drug-likeness (QED) is 0.536. The topological polar surface area (TPSA) is 123 Å². The number of hydrogen-bond acceptors (Lipinski definition) is 7. The average molecular weight is 461 g/mol. The van der Waals surface area contributed by atoms with Crippen molar-refractivity contribution in [2.24, 2.45) is 0 Å². The zero-order chi connectivity index (χ0) is 23.0. The summed E-state index contributed by atoms with van der Waals surface area (Å²) in [6.45, 7) is 2.27. The minimum atomic E-state index is -5.71. The lowest BCUT2D eigenvalue weighted by molar-refractivity contribution is -0.384. The Hall–Kier alpha value is -3.09. The van der Waals surface area contributed by atoms with Gasteiger partial charge in [-0.1, -0.05) is 0 Å². The summed E-state index contributed by atoms with van der Waals surface area (Å²) >= 11 is 0. The molecule has 9 nitrogen and oxygen atoms in total. The summed E-state index contributed by atoms with van der Waals surface area (Å²) in [7, 11) is -5.71. The molecule has 1 amide bonds. The van der Waals surface area contributed by atoms with Crippen molar-refractivity contribution in [3.63, 3.8) is 0 Å². The zero-order valence-corrected chi connectivity index (χ0v) is 17.0. The van der Waals surface area contributed by atoms with Crippen LogP contribution in [-0.2, 0) is 9.84 Å². The molecule has 2 heterocycles. The Kier molecular flexibility index (Phi) is 5.98. The van der Waals surface area contributed by atoms with Crippen molar-refractivity contribution >= 4 is 27.1 Å². The second-order valence-electron chi connectivity index (χ2n) is 7.02. The fourth-order valence-electron chi connectivity index (χ4n) is 3.34. The Morgan fingerprint density at radius 3 is 2.42 bits per heavy atom. The van der Waals surface area contributed by atoms with Crippen molar-refractivity contribution in [3.8, 4) is 0 Å². The summed E-state index contributed by atoms with van der Waals surface area (Å²) in [6, 6.07) is 3.56. The molecule has 168 valence electrons. The number of nitrogens with zero attached hydrogens (tertiary/aromatic N) is 2. The molecule has 0 bridgehead atoms. The van der Waals surface area contributed by atoms with Gasteiger partial charge in [0.05, 0.1) is 16.1 Å². The molecule has 0 radical (unpaired) electrons. The molecule has 2 aromatic rings. The van der Waals surface area contributed by atoms with E-state index in [2.05, 4.69) is 5.32 Å². The van der Waals surface area contributed by atoms with Crippen molar-refractivity contribution in [1.29, 1.82) is 0 Å². The Balaban J connectivity index is 1.75. The number of nitrogens with one attached hydrogen (secondary N) is 1. The van der Waals surface area contributed by atoms with E-state index in [4.69, 9.17) is 4.42 Å². The molecule has 31 heavy (non-hydrogen) atoms. The highest BCUT2D eigenvalue weighted by Crippen LogP contribution is 2.37. The lowest BCUT2D eigenvalue weighted by atomic mass is 10.0. The summed E-state index contributed by atoms with van der Waals surface area (Å²) in [5.74, 6) is -0.187. The highest BCUT2D eigenvalue weighted by molar-refractivity contribution is 7.92. The number of piperidine rings is 1. The van der Waals surface area contributed by atoms with Crippen LogP contribution >= 0.6 is 0 Å². The highest BCUT2D eigenvalue weighted by atomic mass is 32.2. The van der Waals surface area contributed by atoms with Gasteiger partial charge in [-0.15, -0.1) is 0 Å². The van der Waals surface area contributed by atoms with Crippen LogP contribution in [0.25, 0.3) is 0 Å². The largest absolute Gasteiger partial charge is 0.501 e. The first-order chi connectivity index (χ1) is 14.4. The summed E-state index contributed by atoms with van der Waals surface area (Å²) in [5.41, 5.74) is -5.61. The zero-order valence-electron chi connectivity index (χ0n) is 16.2. The molecule has 1 aliphatic rings. The summed E-state index contributed by atoms with van der Waals surface area (Å²) in [6.07, 6.45) is 2.24. The number of furan rings is 1. The first kappa shape index (κ1) is 22.6. The monoisotopic (exact) mass is 461 g/mol. The molecule has 1 aromatic carbocycles. The minimum absolute atomic E-state index is 0.0118. The van der Waals surface area contributed by atoms with Crippen LogP contribution in [0.3, 0.4) is 0 Å². The van der Waals surface area contributed by atoms with Crippen LogP contribution in [0.5, 0.6) is 0 Å². The molecular formula is C18H18F3N3O6S. The third-order valence-electron chi connectivity index (χ3n) is 5.00. The van der Waals surface area contributed by atoms with Crippen molar-refractivity contribution < 1.29 is 35.7 Å². The number of carbonyl (C=O) groups excluding carboxylic acids is 1. The molecule has 1 fully saturated rings. The van der Waals surface area contributed by atoms with E-state index < -0.39 is 30.9 Å². The number of sulfone groups is 1. The van der Waals surface area contributed by atoms with Gasteiger partial charge in [0.25, 0.3) is 21.4 Å². The van der Waals surface area contributed by atoms with Crippen LogP contribution in [0.1, 0.15) is 29.0 Å². The summed E-state index contributed by atoms with van der Waals surface area (Å²) < 4.78 is 66.6. The van der Waals surface area contributed by atoms with E-state index in [0.29, 0.717) is 30.5 Å². The van der Waals surface area contributed by atoms with E-state index in [0.717, 1.165) is 6.07 Å². The molecule has 0 atom stereocenters. The van der Waals surface area contributed by atoms with Gasteiger partial charge >= 0.3 is 5.51 Å². The van der Waals surface area contributed by atoms with Gasteiger partial charge < -0.3 is 14.6 Å². The number of benzene rings is 1. The number of hydrogen-bond donors (Lipinski definition) is 1. The van der Waals surface area contributed by atoms with E-state index in [1.165, 1.54) is 6.26 Å². The van der Waals surface area contributed by atoms with Gasteiger partial charge in [0.15, 0.2) is 5.76 Å². The number of halogens is 3. The molecule has 0 unspecified atom stereocenters. The van der Waals surface area contributed by atoms with Gasteiger partial charge in [0, 0.05) is 30.8 Å². The Morgan fingerprint density at radius 1 is 1.26 bits per heavy atom. The van der Waals surface area contributed by atoms with Crippen LogP contribution in [0, 0.1) is 17.0 Å². The molecule has 0 saturated carbocycles. The van der Waals surface area contributed by atoms with Crippen LogP contribution in [0.2, 0.25) is 0 Å². The lowest BCUT2D eigenvalue weighted by Crippen LogP contribution is -2.45. The van der Waals surface area contributed by atoms with Crippen LogP contribution in [-0.4, -0.2) is 43.9 Å². The number of amides is 1. The van der Waals surface area contributed by atoms with Crippen molar-refractivity contribution in [2.75, 3.05) is 18.0 Å². The Labute approximate surface area is 174 Å². The molecule has 0 aliphatic carbocycles. The number of carbonyl (C=O) groups is 1. The van der Waals surface area contributed by atoms with Crippen molar-refractivity contribution in [1.82, 2.24) is 5.32 Å². The lowest BCUT2D eigenvalue weighted by Gasteiger charge is -2.33. The van der Waals surface area contributed by atoms with E-state index in [-0.39, 0.29) is 36.5 Å². The third kappa shape index (κ3) is 4.50. The minimum Gasteiger partial charge on any atom is -0.459 e. The van der Waals surface area contributed by atoms with E-state index in [1.54, 1.807) is 17.9 Å². The van der Waals surface area contributed by atoms with Gasteiger partial charge in [0.2, 0.25) is 0 Å². The highest BCUT2D eigenvalue weighted by Gasteiger charge is 2.47. The first-order valence-electron chi connectivity index (χ1n) is 9.11. The standard InChI is InChI=1S/C18H18F3N3O6S/c1-11-6-9-30-16(11)17(25)22-12-4-7-23(8-5-12)14-3-2-13(10-15(14)24(26)27)31(28,29)18(19,20)21/h2-3,6,9-10,12H,4-5,7-8H2,1H3,(H,22,25). The van der Waals surface area contributed by atoms with Gasteiger partial charge in [-0.3, -0.25) is 14.9 Å². The summed E-state index contributed by atoms with van der Waals surface area (Å²) in [5, 5.41) is 14.2. The fourth-order valence-corrected chi connectivity index (χ4v) is 4.12. The smallest absolute Gasteiger partial charge is 0.459 e. The predicted octanol–water partition coefficient (Wildman–Crippen LogP) is 3.19. The second kappa shape index (κ2) is 8.21. The maximum atomic E-state index is 12.8.